The van der Waals surface area contributed by atoms with Crippen LogP contribution in [0.2, 0.25) is 5.02 Å². The van der Waals surface area contributed by atoms with Crippen molar-refractivity contribution in [1.29, 1.82) is 0 Å². The molecule has 0 radical (unpaired) electrons. The molecule has 3 saturated heterocycles. The van der Waals surface area contributed by atoms with E-state index in [2.05, 4.69) is 5.32 Å². The van der Waals surface area contributed by atoms with Crippen molar-refractivity contribution in [2.24, 2.45) is 11.8 Å². The minimum atomic E-state index is -1.30. The van der Waals surface area contributed by atoms with Gasteiger partial charge in [0, 0.05) is 34.4 Å². The van der Waals surface area contributed by atoms with Gasteiger partial charge in [0.1, 0.15) is 5.54 Å². The minimum absolute atomic E-state index is 0.134. The van der Waals surface area contributed by atoms with E-state index in [4.69, 9.17) is 11.6 Å². The van der Waals surface area contributed by atoms with Crippen LogP contribution in [0.4, 0.5) is 17.1 Å². The number of imide groups is 1. The quantitative estimate of drug-likeness (QED) is 0.426. The van der Waals surface area contributed by atoms with Gasteiger partial charge in [-0.15, -0.1) is 0 Å². The molecule has 0 bridgehead atoms. The first kappa shape index (κ1) is 19.4. The van der Waals surface area contributed by atoms with Crippen molar-refractivity contribution in [2.75, 3.05) is 16.8 Å². The zero-order chi connectivity index (χ0) is 22.4. The Morgan fingerprint density at radius 3 is 2.56 bits per heavy atom. The lowest BCUT2D eigenvalue weighted by Crippen LogP contribution is -2.54. The third-order valence-corrected chi connectivity index (χ3v) is 7.51. The zero-order valence-electron chi connectivity index (χ0n) is 16.7. The lowest BCUT2D eigenvalue weighted by atomic mass is 9.75. The Balaban J connectivity index is 1.51. The highest BCUT2D eigenvalue weighted by molar-refractivity contribution is 6.31. The van der Waals surface area contributed by atoms with E-state index < -0.39 is 28.2 Å². The maximum absolute atomic E-state index is 13.8. The van der Waals surface area contributed by atoms with Crippen molar-refractivity contribution in [3.8, 4) is 0 Å². The zero-order valence-corrected chi connectivity index (χ0v) is 17.4. The average Bonchev–Trinajstić information content (AvgIpc) is 3.47. The summed E-state index contributed by atoms with van der Waals surface area (Å²) in [6, 6.07) is 10.2. The fraction of sp³-hybridized carbons (Fsp3) is 0.318. The van der Waals surface area contributed by atoms with Crippen LogP contribution in [0.25, 0.3) is 0 Å². The number of nitro benzene ring substituents is 1. The number of nitrogens with zero attached hydrogens (tertiary/aromatic N) is 3. The monoisotopic (exact) mass is 452 g/mol. The summed E-state index contributed by atoms with van der Waals surface area (Å²) in [5, 5.41) is 14.3. The van der Waals surface area contributed by atoms with Crippen molar-refractivity contribution < 1.29 is 19.3 Å². The number of nitrogens with one attached hydrogen (secondary N) is 1. The van der Waals surface area contributed by atoms with Crippen molar-refractivity contribution in [3.63, 3.8) is 0 Å². The highest BCUT2D eigenvalue weighted by atomic mass is 35.5. The fourth-order valence-corrected chi connectivity index (χ4v) is 6.33. The number of fused-ring (bicyclic) bond motifs is 7. The van der Waals surface area contributed by atoms with E-state index in [0.717, 1.165) is 11.3 Å². The molecular formula is C22H17ClN4O5. The smallest absolute Gasteiger partial charge is 0.269 e. The van der Waals surface area contributed by atoms with Gasteiger partial charge >= 0.3 is 0 Å². The van der Waals surface area contributed by atoms with E-state index >= 15 is 0 Å². The van der Waals surface area contributed by atoms with Gasteiger partial charge in [0.15, 0.2) is 0 Å². The third-order valence-electron chi connectivity index (χ3n) is 7.27. The maximum atomic E-state index is 13.8. The van der Waals surface area contributed by atoms with Gasteiger partial charge in [-0.3, -0.25) is 29.4 Å². The van der Waals surface area contributed by atoms with Crippen molar-refractivity contribution in [2.45, 2.75) is 24.4 Å². The van der Waals surface area contributed by atoms with Gasteiger partial charge in [-0.1, -0.05) is 11.6 Å². The Kier molecular flexibility index (Phi) is 3.86. The van der Waals surface area contributed by atoms with Crippen LogP contribution in [0.15, 0.2) is 42.5 Å². The lowest BCUT2D eigenvalue weighted by molar-refractivity contribution is -0.384. The molecule has 6 rings (SSSR count). The summed E-state index contributed by atoms with van der Waals surface area (Å²) in [6.45, 7) is 0.606. The summed E-state index contributed by atoms with van der Waals surface area (Å²) in [6.07, 6.45) is 1.52. The standard InChI is InChI=1S/C22H17ClN4O5/c23-11-3-8-15-14(10-11)22(21(30)24-15)18-17(16-2-1-9-25(16)22)19(28)26(20(18)29)12-4-6-13(7-5-12)27(31)32/h3-8,10,16-18H,1-2,9H2,(H,24,30)/t16-,17+,18-,22-/m0/s1. The van der Waals surface area contributed by atoms with Gasteiger partial charge in [0.05, 0.1) is 22.4 Å². The Morgan fingerprint density at radius 2 is 1.84 bits per heavy atom. The number of carbonyl (C=O) groups excluding carboxylic acids is 3. The number of amides is 3. The molecule has 3 amide bonds. The molecule has 10 heteroatoms. The summed E-state index contributed by atoms with van der Waals surface area (Å²) in [4.78, 5) is 54.4. The van der Waals surface area contributed by atoms with Crippen LogP contribution in [-0.4, -0.2) is 40.1 Å². The predicted octanol–water partition coefficient (Wildman–Crippen LogP) is 2.68. The molecule has 2 aromatic rings. The molecule has 2 aromatic carbocycles. The molecule has 1 spiro atoms. The predicted molar refractivity (Wildman–Crippen MR) is 114 cm³/mol. The van der Waals surface area contributed by atoms with E-state index in [1.807, 2.05) is 4.90 Å². The SMILES string of the molecule is O=C1[C@H]2[C@@H](C(=O)N1c1ccc([N+](=O)[O-])cc1)[C@@]1(C(=O)Nc3ccc(Cl)cc31)N1CCC[C@@H]21. The van der Waals surface area contributed by atoms with Crippen LogP contribution in [0.3, 0.4) is 0 Å². The third kappa shape index (κ3) is 2.19. The normalized spacial score (nSPS) is 30.6. The summed E-state index contributed by atoms with van der Waals surface area (Å²) >= 11 is 6.27. The second-order valence-electron chi connectivity index (χ2n) is 8.60. The molecular weight excluding hydrogens is 436 g/mol. The van der Waals surface area contributed by atoms with Crippen molar-refractivity contribution in [3.05, 3.63) is 63.2 Å². The molecule has 0 aliphatic carbocycles. The first-order valence-electron chi connectivity index (χ1n) is 10.4. The molecule has 0 aromatic heterocycles. The largest absolute Gasteiger partial charge is 0.324 e. The lowest BCUT2D eigenvalue weighted by Gasteiger charge is -2.36. The average molecular weight is 453 g/mol. The first-order valence-corrected chi connectivity index (χ1v) is 10.7. The van der Waals surface area contributed by atoms with E-state index in [1.54, 1.807) is 18.2 Å². The van der Waals surface area contributed by atoms with Crippen LogP contribution in [-0.2, 0) is 19.9 Å². The van der Waals surface area contributed by atoms with E-state index in [0.29, 0.717) is 29.2 Å². The summed E-state index contributed by atoms with van der Waals surface area (Å²) in [5.41, 5.74) is 0.0596. The molecule has 0 unspecified atom stereocenters. The second kappa shape index (κ2) is 6.36. The first-order chi connectivity index (χ1) is 15.4. The van der Waals surface area contributed by atoms with Crippen LogP contribution in [0.1, 0.15) is 18.4 Å². The Bertz CT molecular complexity index is 1230. The summed E-state index contributed by atoms with van der Waals surface area (Å²) in [5.74, 6) is -2.72. The van der Waals surface area contributed by atoms with E-state index in [-0.39, 0.29) is 29.2 Å². The van der Waals surface area contributed by atoms with Crippen LogP contribution < -0.4 is 10.2 Å². The van der Waals surface area contributed by atoms with Gasteiger partial charge in [-0.2, -0.15) is 0 Å². The topological polar surface area (TPSA) is 113 Å². The Hall–Kier alpha value is -3.30. The molecule has 162 valence electrons. The molecule has 4 aliphatic rings. The van der Waals surface area contributed by atoms with Crippen molar-refractivity contribution >= 4 is 46.4 Å². The van der Waals surface area contributed by atoms with Gasteiger partial charge < -0.3 is 5.32 Å². The van der Waals surface area contributed by atoms with Crippen LogP contribution in [0, 0.1) is 22.0 Å². The highest BCUT2D eigenvalue weighted by Gasteiger charge is 2.74. The van der Waals surface area contributed by atoms with Crippen LogP contribution >= 0.6 is 11.6 Å². The molecule has 4 aliphatic heterocycles. The number of anilines is 2. The van der Waals surface area contributed by atoms with Gasteiger partial charge in [0.25, 0.3) is 5.69 Å². The molecule has 3 fully saturated rings. The number of nitro groups is 1. The van der Waals surface area contributed by atoms with Crippen LogP contribution in [0.5, 0.6) is 0 Å². The summed E-state index contributed by atoms with van der Waals surface area (Å²) in [7, 11) is 0. The fourth-order valence-electron chi connectivity index (χ4n) is 6.15. The molecule has 4 atom stereocenters. The van der Waals surface area contributed by atoms with Gasteiger partial charge in [-0.05, 0) is 49.7 Å². The summed E-state index contributed by atoms with van der Waals surface area (Å²) < 4.78 is 0. The van der Waals surface area contributed by atoms with Gasteiger partial charge in [-0.25, -0.2) is 4.90 Å². The number of non-ortho nitro benzene ring substituents is 1. The van der Waals surface area contributed by atoms with Gasteiger partial charge in [0.2, 0.25) is 17.7 Å². The second-order valence-corrected chi connectivity index (χ2v) is 9.04. The highest BCUT2D eigenvalue weighted by Crippen LogP contribution is 2.60. The maximum Gasteiger partial charge on any atom is 0.269 e. The number of benzene rings is 2. The number of hydrogen-bond acceptors (Lipinski definition) is 6. The molecule has 32 heavy (non-hydrogen) atoms. The Morgan fingerprint density at radius 1 is 1.09 bits per heavy atom. The number of carbonyl (C=O) groups is 3. The number of hydrogen-bond donors (Lipinski definition) is 1. The number of halogens is 1. The molecule has 0 saturated carbocycles. The molecule has 1 N–H and O–H groups in total. The molecule has 4 heterocycles. The molecule has 9 nitrogen and oxygen atoms in total. The minimum Gasteiger partial charge on any atom is -0.324 e. The van der Waals surface area contributed by atoms with E-state index in [9.17, 15) is 24.5 Å². The van der Waals surface area contributed by atoms with E-state index in [1.165, 1.54) is 24.3 Å². The Labute approximate surface area is 187 Å². The van der Waals surface area contributed by atoms with Crippen molar-refractivity contribution in [1.82, 2.24) is 4.90 Å². The number of rotatable bonds is 2.